The molecular formula is C19H20N2O3. The lowest BCUT2D eigenvalue weighted by Crippen LogP contribution is -2.39. The minimum atomic E-state index is 0.0127. The van der Waals surface area contributed by atoms with E-state index in [0.717, 1.165) is 24.3 Å². The van der Waals surface area contributed by atoms with Gasteiger partial charge in [0.2, 0.25) is 12.7 Å². The van der Waals surface area contributed by atoms with Gasteiger partial charge in [-0.2, -0.15) is 0 Å². The van der Waals surface area contributed by atoms with Crippen molar-refractivity contribution in [3.05, 3.63) is 59.2 Å². The van der Waals surface area contributed by atoms with Crippen molar-refractivity contribution in [2.75, 3.05) is 19.9 Å². The number of hydrogen-bond acceptors (Lipinski definition) is 4. The second-order valence-electron chi connectivity index (χ2n) is 6.12. The third kappa shape index (κ3) is 3.08. The average molecular weight is 324 g/mol. The number of ether oxygens (including phenoxy) is 2. The van der Waals surface area contributed by atoms with Crippen LogP contribution < -0.4 is 20.1 Å². The summed E-state index contributed by atoms with van der Waals surface area (Å²) in [5.74, 6) is 1.46. The fourth-order valence-electron chi connectivity index (χ4n) is 3.29. The van der Waals surface area contributed by atoms with Crippen LogP contribution in [0.2, 0.25) is 0 Å². The Morgan fingerprint density at radius 1 is 1.17 bits per heavy atom. The third-order valence-electron chi connectivity index (χ3n) is 4.52. The Bertz CT molecular complexity index is 760. The molecule has 2 heterocycles. The summed E-state index contributed by atoms with van der Waals surface area (Å²) in [5.41, 5.74) is 3.58. The van der Waals surface area contributed by atoms with Crippen molar-refractivity contribution in [2.24, 2.45) is 0 Å². The maximum absolute atomic E-state index is 12.3. The number of fused-ring (bicyclic) bond motifs is 2. The molecule has 0 saturated heterocycles. The van der Waals surface area contributed by atoms with E-state index in [-0.39, 0.29) is 18.7 Å². The molecule has 0 saturated carbocycles. The summed E-state index contributed by atoms with van der Waals surface area (Å²) in [7, 11) is 0. The summed E-state index contributed by atoms with van der Waals surface area (Å²) in [6.45, 7) is 1.79. The predicted octanol–water partition coefficient (Wildman–Crippen LogP) is 1.96. The summed E-state index contributed by atoms with van der Waals surface area (Å²) in [5, 5.41) is 6.51. The first-order valence-electron chi connectivity index (χ1n) is 8.26. The van der Waals surface area contributed by atoms with Crippen LogP contribution in [0.5, 0.6) is 11.5 Å². The Kier molecular flexibility index (Phi) is 4.09. The average Bonchev–Trinajstić information content (AvgIpc) is 3.07. The van der Waals surface area contributed by atoms with Gasteiger partial charge in [-0.3, -0.25) is 4.79 Å². The van der Waals surface area contributed by atoms with E-state index in [1.807, 2.05) is 24.3 Å². The van der Waals surface area contributed by atoms with Gasteiger partial charge in [-0.1, -0.05) is 30.3 Å². The SMILES string of the molecule is O=C(Cc1ccc2c(c1)OCO2)NCC1NCCc2ccccc21. The van der Waals surface area contributed by atoms with Gasteiger partial charge in [0.05, 0.1) is 6.42 Å². The molecule has 0 spiro atoms. The molecule has 2 aromatic carbocycles. The van der Waals surface area contributed by atoms with Gasteiger partial charge in [0.15, 0.2) is 11.5 Å². The van der Waals surface area contributed by atoms with Crippen molar-refractivity contribution in [3.63, 3.8) is 0 Å². The van der Waals surface area contributed by atoms with E-state index in [1.54, 1.807) is 0 Å². The largest absolute Gasteiger partial charge is 0.454 e. The van der Waals surface area contributed by atoms with Crippen molar-refractivity contribution in [1.82, 2.24) is 10.6 Å². The van der Waals surface area contributed by atoms with E-state index in [0.29, 0.717) is 18.7 Å². The standard InChI is InChI=1S/C19H20N2O3/c22-19(10-13-5-6-17-18(9-13)24-12-23-17)21-11-16-15-4-2-1-3-14(15)7-8-20-16/h1-6,9,16,20H,7-8,10-12H2,(H,21,22). The van der Waals surface area contributed by atoms with E-state index in [1.165, 1.54) is 11.1 Å². The number of carbonyl (C=O) groups excluding carboxylic acids is 1. The quantitative estimate of drug-likeness (QED) is 0.903. The van der Waals surface area contributed by atoms with Crippen molar-refractivity contribution >= 4 is 5.91 Å². The first kappa shape index (κ1) is 15.0. The van der Waals surface area contributed by atoms with Crippen LogP contribution in [0.15, 0.2) is 42.5 Å². The third-order valence-corrected chi connectivity index (χ3v) is 4.52. The van der Waals surface area contributed by atoms with Crippen LogP contribution in [0, 0.1) is 0 Å². The van der Waals surface area contributed by atoms with Crippen LogP contribution >= 0.6 is 0 Å². The van der Waals surface area contributed by atoms with Crippen LogP contribution in [0.4, 0.5) is 0 Å². The van der Waals surface area contributed by atoms with Crippen LogP contribution in [-0.4, -0.2) is 25.8 Å². The summed E-state index contributed by atoms with van der Waals surface area (Å²) in [4.78, 5) is 12.3. The molecule has 5 heteroatoms. The molecule has 0 bridgehead atoms. The molecule has 1 unspecified atom stereocenters. The summed E-state index contributed by atoms with van der Waals surface area (Å²) >= 11 is 0. The molecule has 4 rings (SSSR count). The Labute approximate surface area is 141 Å². The van der Waals surface area contributed by atoms with E-state index in [4.69, 9.17) is 9.47 Å². The molecule has 124 valence electrons. The fourth-order valence-corrected chi connectivity index (χ4v) is 3.29. The van der Waals surface area contributed by atoms with Gasteiger partial charge in [-0.25, -0.2) is 0 Å². The second-order valence-corrected chi connectivity index (χ2v) is 6.12. The van der Waals surface area contributed by atoms with Gasteiger partial charge in [-0.15, -0.1) is 0 Å². The fraction of sp³-hybridized carbons (Fsp3) is 0.316. The zero-order valence-electron chi connectivity index (χ0n) is 13.4. The van der Waals surface area contributed by atoms with Crippen molar-refractivity contribution in [2.45, 2.75) is 18.9 Å². The molecule has 2 aromatic rings. The Morgan fingerprint density at radius 3 is 3.00 bits per heavy atom. The van der Waals surface area contributed by atoms with Gasteiger partial charge in [-0.05, 0) is 41.8 Å². The van der Waals surface area contributed by atoms with Crippen LogP contribution in [0.1, 0.15) is 22.7 Å². The minimum Gasteiger partial charge on any atom is -0.454 e. The molecule has 2 aliphatic rings. The first-order chi connectivity index (χ1) is 11.8. The monoisotopic (exact) mass is 324 g/mol. The molecule has 2 N–H and O–H groups in total. The number of hydrogen-bond donors (Lipinski definition) is 2. The maximum Gasteiger partial charge on any atom is 0.231 e. The molecule has 24 heavy (non-hydrogen) atoms. The molecular weight excluding hydrogens is 304 g/mol. The van der Waals surface area contributed by atoms with Crippen LogP contribution in [0.3, 0.4) is 0 Å². The van der Waals surface area contributed by atoms with Gasteiger partial charge in [0.25, 0.3) is 0 Å². The van der Waals surface area contributed by atoms with E-state index in [2.05, 4.69) is 28.8 Å². The number of rotatable bonds is 4. The topological polar surface area (TPSA) is 59.6 Å². The summed E-state index contributed by atoms with van der Waals surface area (Å²) in [6, 6.07) is 14.2. The molecule has 0 radical (unpaired) electrons. The number of amides is 1. The van der Waals surface area contributed by atoms with E-state index in [9.17, 15) is 4.79 Å². The van der Waals surface area contributed by atoms with Gasteiger partial charge in [0, 0.05) is 12.6 Å². The Balaban J connectivity index is 1.36. The zero-order chi connectivity index (χ0) is 16.4. The number of nitrogens with one attached hydrogen (secondary N) is 2. The van der Waals surface area contributed by atoms with Crippen LogP contribution in [0.25, 0.3) is 0 Å². The lowest BCUT2D eigenvalue weighted by molar-refractivity contribution is -0.120. The Hall–Kier alpha value is -2.53. The summed E-state index contributed by atoms with van der Waals surface area (Å²) in [6.07, 6.45) is 1.38. The number of carbonyl (C=O) groups is 1. The van der Waals surface area contributed by atoms with Gasteiger partial charge in [0.1, 0.15) is 0 Å². The molecule has 0 aliphatic carbocycles. The van der Waals surface area contributed by atoms with Crippen molar-refractivity contribution in [1.29, 1.82) is 0 Å². The molecule has 1 atom stereocenters. The van der Waals surface area contributed by atoms with E-state index >= 15 is 0 Å². The second kappa shape index (κ2) is 6.53. The minimum absolute atomic E-state index is 0.0127. The zero-order valence-corrected chi connectivity index (χ0v) is 13.4. The molecule has 0 fully saturated rings. The highest BCUT2D eigenvalue weighted by molar-refractivity contribution is 5.78. The van der Waals surface area contributed by atoms with Gasteiger partial charge >= 0.3 is 0 Å². The predicted molar refractivity (Wildman–Crippen MR) is 90.2 cm³/mol. The summed E-state index contributed by atoms with van der Waals surface area (Å²) < 4.78 is 10.6. The number of benzene rings is 2. The van der Waals surface area contributed by atoms with Gasteiger partial charge < -0.3 is 20.1 Å². The lowest BCUT2D eigenvalue weighted by atomic mass is 9.94. The Morgan fingerprint density at radius 2 is 2.04 bits per heavy atom. The van der Waals surface area contributed by atoms with E-state index < -0.39 is 0 Å². The van der Waals surface area contributed by atoms with Crippen molar-refractivity contribution in [3.8, 4) is 11.5 Å². The lowest BCUT2D eigenvalue weighted by Gasteiger charge is -2.27. The normalized spacial score (nSPS) is 18.1. The smallest absolute Gasteiger partial charge is 0.231 e. The molecule has 0 aromatic heterocycles. The highest BCUT2D eigenvalue weighted by atomic mass is 16.7. The van der Waals surface area contributed by atoms with Crippen molar-refractivity contribution < 1.29 is 14.3 Å². The maximum atomic E-state index is 12.3. The molecule has 2 aliphatic heterocycles. The first-order valence-corrected chi connectivity index (χ1v) is 8.26. The highest BCUT2D eigenvalue weighted by Gasteiger charge is 2.20. The van der Waals surface area contributed by atoms with Crippen LogP contribution in [-0.2, 0) is 17.6 Å². The molecule has 5 nitrogen and oxygen atoms in total. The highest BCUT2D eigenvalue weighted by Crippen LogP contribution is 2.32. The molecule has 1 amide bonds.